The largest absolute Gasteiger partial charge is 0.356 e. The van der Waals surface area contributed by atoms with Crippen molar-refractivity contribution in [1.29, 1.82) is 0 Å². The molecule has 1 unspecified atom stereocenters. The van der Waals surface area contributed by atoms with Crippen molar-refractivity contribution in [3.05, 3.63) is 47.8 Å². The summed E-state index contributed by atoms with van der Waals surface area (Å²) in [5, 5.41) is 8.80. The summed E-state index contributed by atoms with van der Waals surface area (Å²) in [6, 6.07) is 6.04. The Bertz CT molecular complexity index is 871. The Labute approximate surface area is 147 Å². The number of fused-ring (bicyclic) bond motifs is 1. The van der Waals surface area contributed by atoms with E-state index in [9.17, 15) is 0 Å². The standard InChI is InChI=1S/C19H24N6/c1-3-7-15-12-20-14(2)21-18(15)24-10-6-8-16(13-24)19-23-22-17-9-4-5-11-25(17)19/h4-5,9,11-12,16H,3,6-8,10,13H2,1-2H3. The molecule has 4 heterocycles. The first-order chi connectivity index (χ1) is 12.3. The molecule has 1 saturated heterocycles. The topological polar surface area (TPSA) is 59.2 Å². The molecule has 1 aliphatic rings. The number of aromatic nitrogens is 5. The Morgan fingerprint density at radius 1 is 1.24 bits per heavy atom. The summed E-state index contributed by atoms with van der Waals surface area (Å²) in [7, 11) is 0. The van der Waals surface area contributed by atoms with E-state index < -0.39 is 0 Å². The normalized spacial score (nSPS) is 18.0. The minimum Gasteiger partial charge on any atom is -0.356 e. The third-order valence-electron chi connectivity index (χ3n) is 4.91. The van der Waals surface area contributed by atoms with E-state index in [0.29, 0.717) is 5.92 Å². The van der Waals surface area contributed by atoms with Crippen LogP contribution >= 0.6 is 0 Å². The van der Waals surface area contributed by atoms with Gasteiger partial charge in [0.15, 0.2) is 5.65 Å². The van der Waals surface area contributed by atoms with Crippen LogP contribution in [-0.4, -0.2) is 37.7 Å². The van der Waals surface area contributed by atoms with Crippen LogP contribution in [0.1, 0.15) is 49.3 Å². The van der Waals surface area contributed by atoms with Crippen molar-refractivity contribution < 1.29 is 0 Å². The van der Waals surface area contributed by atoms with E-state index in [1.807, 2.05) is 31.3 Å². The molecular formula is C19H24N6. The molecule has 1 fully saturated rings. The Kier molecular flexibility index (Phi) is 4.34. The highest BCUT2D eigenvalue weighted by molar-refractivity contribution is 5.47. The van der Waals surface area contributed by atoms with Gasteiger partial charge in [0.05, 0.1) is 0 Å². The first-order valence-electron chi connectivity index (χ1n) is 9.13. The van der Waals surface area contributed by atoms with Crippen molar-refractivity contribution in [3.8, 4) is 0 Å². The summed E-state index contributed by atoms with van der Waals surface area (Å²) in [4.78, 5) is 11.6. The molecule has 0 aromatic carbocycles. The van der Waals surface area contributed by atoms with Crippen molar-refractivity contribution in [1.82, 2.24) is 24.6 Å². The van der Waals surface area contributed by atoms with Gasteiger partial charge in [-0.25, -0.2) is 9.97 Å². The fourth-order valence-corrected chi connectivity index (χ4v) is 3.72. The quantitative estimate of drug-likeness (QED) is 0.732. The fraction of sp³-hybridized carbons (Fsp3) is 0.474. The highest BCUT2D eigenvalue weighted by Crippen LogP contribution is 2.30. The molecule has 0 spiro atoms. The van der Waals surface area contributed by atoms with Gasteiger partial charge >= 0.3 is 0 Å². The van der Waals surface area contributed by atoms with Crippen molar-refractivity contribution in [3.63, 3.8) is 0 Å². The molecule has 25 heavy (non-hydrogen) atoms. The second-order valence-corrected chi connectivity index (χ2v) is 6.79. The maximum absolute atomic E-state index is 4.77. The lowest BCUT2D eigenvalue weighted by molar-refractivity contribution is 0.484. The summed E-state index contributed by atoms with van der Waals surface area (Å²) >= 11 is 0. The third-order valence-corrected chi connectivity index (χ3v) is 4.91. The Morgan fingerprint density at radius 3 is 3.04 bits per heavy atom. The van der Waals surface area contributed by atoms with Crippen LogP contribution in [0.5, 0.6) is 0 Å². The van der Waals surface area contributed by atoms with Crippen molar-refractivity contribution in [2.75, 3.05) is 18.0 Å². The molecule has 1 atom stereocenters. The van der Waals surface area contributed by atoms with Crippen LogP contribution in [0.4, 0.5) is 5.82 Å². The average molecular weight is 336 g/mol. The summed E-state index contributed by atoms with van der Waals surface area (Å²) in [6.07, 6.45) is 8.45. The molecule has 1 aliphatic heterocycles. The van der Waals surface area contributed by atoms with E-state index in [1.165, 1.54) is 5.56 Å². The molecule has 6 heteroatoms. The van der Waals surface area contributed by atoms with Crippen LogP contribution in [-0.2, 0) is 6.42 Å². The van der Waals surface area contributed by atoms with Gasteiger partial charge in [-0.15, -0.1) is 10.2 Å². The lowest BCUT2D eigenvalue weighted by Crippen LogP contribution is -2.36. The van der Waals surface area contributed by atoms with Crippen LogP contribution in [0.15, 0.2) is 30.6 Å². The minimum atomic E-state index is 0.371. The summed E-state index contributed by atoms with van der Waals surface area (Å²) in [6.45, 7) is 6.14. The molecule has 0 radical (unpaired) electrons. The molecule has 6 nitrogen and oxygen atoms in total. The first-order valence-corrected chi connectivity index (χ1v) is 9.13. The SMILES string of the molecule is CCCc1cnc(C)nc1N1CCCC(c2nnc3ccccn23)C1. The van der Waals surface area contributed by atoms with E-state index in [2.05, 4.69) is 37.6 Å². The van der Waals surface area contributed by atoms with Crippen molar-refractivity contribution in [2.45, 2.75) is 45.4 Å². The summed E-state index contributed by atoms with van der Waals surface area (Å²) < 4.78 is 2.12. The molecule has 3 aromatic rings. The smallest absolute Gasteiger partial charge is 0.160 e. The van der Waals surface area contributed by atoms with Gasteiger partial charge in [-0.2, -0.15) is 0 Å². The van der Waals surface area contributed by atoms with Crippen LogP contribution < -0.4 is 4.90 Å². The van der Waals surface area contributed by atoms with Gasteiger partial charge in [-0.05, 0) is 38.3 Å². The van der Waals surface area contributed by atoms with Gasteiger partial charge in [0, 0.05) is 37.0 Å². The maximum Gasteiger partial charge on any atom is 0.160 e. The summed E-state index contributed by atoms with van der Waals surface area (Å²) in [5.41, 5.74) is 2.17. The highest BCUT2D eigenvalue weighted by atomic mass is 15.3. The molecule has 0 aliphatic carbocycles. The van der Waals surface area contributed by atoms with Gasteiger partial charge in [0.25, 0.3) is 0 Å². The van der Waals surface area contributed by atoms with Crippen LogP contribution in [0.2, 0.25) is 0 Å². The zero-order valence-corrected chi connectivity index (χ0v) is 14.9. The Morgan fingerprint density at radius 2 is 2.16 bits per heavy atom. The molecule has 130 valence electrons. The maximum atomic E-state index is 4.77. The van der Waals surface area contributed by atoms with Crippen molar-refractivity contribution in [2.24, 2.45) is 0 Å². The van der Waals surface area contributed by atoms with Crippen LogP contribution in [0.25, 0.3) is 5.65 Å². The molecular weight excluding hydrogens is 312 g/mol. The zero-order valence-electron chi connectivity index (χ0n) is 14.9. The second kappa shape index (κ2) is 6.78. The van der Waals surface area contributed by atoms with Crippen LogP contribution in [0.3, 0.4) is 0 Å². The van der Waals surface area contributed by atoms with E-state index >= 15 is 0 Å². The zero-order chi connectivity index (χ0) is 17.2. The predicted molar refractivity (Wildman–Crippen MR) is 97.9 cm³/mol. The number of piperidine rings is 1. The number of pyridine rings is 1. The fourth-order valence-electron chi connectivity index (χ4n) is 3.72. The molecule has 0 saturated carbocycles. The first kappa shape index (κ1) is 16.0. The minimum absolute atomic E-state index is 0.371. The van der Waals surface area contributed by atoms with E-state index in [4.69, 9.17) is 4.98 Å². The van der Waals surface area contributed by atoms with Gasteiger partial charge in [0.1, 0.15) is 17.5 Å². The predicted octanol–water partition coefficient (Wildman–Crippen LogP) is 3.16. The molecule has 0 N–H and O–H groups in total. The lowest BCUT2D eigenvalue weighted by Gasteiger charge is -2.34. The highest BCUT2D eigenvalue weighted by Gasteiger charge is 2.27. The monoisotopic (exact) mass is 336 g/mol. The number of hydrogen-bond acceptors (Lipinski definition) is 5. The summed E-state index contributed by atoms with van der Waals surface area (Å²) in [5.74, 6) is 3.37. The number of aryl methyl sites for hydroxylation is 2. The van der Waals surface area contributed by atoms with Crippen LogP contribution in [0, 0.1) is 6.92 Å². The van der Waals surface area contributed by atoms with Gasteiger partial charge in [-0.1, -0.05) is 19.4 Å². The van der Waals surface area contributed by atoms with E-state index in [0.717, 1.165) is 61.9 Å². The van der Waals surface area contributed by atoms with E-state index in [-0.39, 0.29) is 0 Å². The van der Waals surface area contributed by atoms with Gasteiger partial charge in [-0.3, -0.25) is 4.40 Å². The van der Waals surface area contributed by atoms with Gasteiger partial charge in [0.2, 0.25) is 0 Å². The number of hydrogen-bond donors (Lipinski definition) is 0. The third kappa shape index (κ3) is 3.08. The molecule has 0 bridgehead atoms. The molecule has 0 amide bonds. The molecule has 4 rings (SSSR count). The Hall–Kier alpha value is -2.50. The van der Waals surface area contributed by atoms with E-state index in [1.54, 1.807) is 0 Å². The molecule has 3 aromatic heterocycles. The van der Waals surface area contributed by atoms with Crippen molar-refractivity contribution >= 4 is 11.5 Å². The average Bonchev–Trinajstić information content (AvgIpc) is 3.08. The Balaban J connectivity index is 1.64. The number of nitrogens with zero attached hydrogens (tertiary/aromatic N) is 6. The number of rotatable bonds is 4. The number of anilines is 1. The lowest BCUT2D eigenvalue weighted by atomic mass is 9.96. The van der Waals surface area contributed by atoms with Gasteiger partial charge < -0.3 is 4.90 Å². The second-order valence-electron chi connectivity index (χ2n) is 6.79.